The first-order valence-corrected chi connectivity index (χ1v) is 4.80. The van der Waals surface area contributed by atoms with E-state index in [2.05, 4.69) is 17.2 Å². The second-order valence-corrected chi connectivity index (χ2v) is 3.66. The summed E-state index contributed by atoms with van der Waals surface area (Å²) in [5, 5.41) is 5.31. The molecule has 0 saturated carbocycles. The van der Waals surface area contributed by atoms with Crippen LogP contribution in [-0.2, 0) is 0 Å². The fraction of sp³-hybridized carbons (Fsp3) is 0.250. The molecule has 0 unspecified atom stereocenters. The fourth-order valence-corrected chi connectivity index (χ4v) is 1.18. The highest BCUT2D eigenvalue weighted by Gasteiger charge is 2.01. The minimum Gasteiger partial charge on any atom is -0.312 e. The van der Waals surface area contributed by atoms with Gasteiger partial charge in [-0.2, -0.15) is 0 Å². The molecule has 1 rings (SSSR count). The van der Waals surface area contributed by atoms with Crippen LogP contribution >= 0.6 is 0 Å². The number of aryl methyl sites for hydroxylation is 2. The van der Waals surface area contributed by atoms with Gasteiger partial charge >= 0.3 is 6.03 Å². The molecule has 0 aromatic heterocycles. The maximum absolute atomic E-state index is 11.3. The molecule has 2 amide bonds. The van der Waals surface area contributed by atoms with Gasteiger partial charge < -0.3 is 10.6 Å². The summed E-state index contributed by atoms with van der Waals surface area (Å²) in [7, 11) is 0. The van der Waals surface area contributed by atoms with Crippen molar-refractivity contribution < 1.29 is 4.79 Å². The van der Waals surface area contributed by atoms with Crippen LogP contribution in [0.15, 0.2) is 30.5 Å². The molecule has 0 saturated heterocycles. The molecule has 3 heteroatoms. The number of urea groups is 1. The third kappa shape index (κ3) is 3.46. The van der Waals surface area contributed by atoms with Crippen molar-refractivity contribution in [3.63, 3.8) is 0 Å². The second kappa shape index (κ2) is 4.64. The van der Waals surface area contributed by atoms with Gasteiger partial charge in [-0.15, -0.1) is 0 Å². The number of allylic oxidation sites excluding steroid dienone is 1. The van der Waals surface area contributed by atoms with Gasteiger partial charge in [-0.25, -0.2) is 4.79 Å². The Morgan fingerprint density at radius 1 is 1.27 bits per heavy atom. The molecule has 0 radical (unpaired) electrons. The SMILES string of the molecule is C=C(C)NC(=O)Nc1ccc(C)c(C)c1. The third-order valence-electron chi connectivity index (χ3n) is 2.09. The molecule has 0 aliphatic carbocycles. The zero-order valence-corrected chi connectivity index (χ0v) is 9.35. The molecule has 1 aromatic rings. The molecule has 0 spiro atoms. The molecule has 0 bridgehead atoms. The van der Waals surface area contributed by atoms with E-state index in [1.807, 2.05) is 32.0 Å². The van der Waals surface area contributed by atoms with Gasteiger partial charge in [0.1, 0.15) is 0 Å². The van der Waals surface area contributed by atoms with Crippen LogP contribution in [0.3, 0.4) is 0 Å². The Balaban J connectivity index is 2.69. The summed E-state index contributed by atoms with van der Waals surface area (Å²) in [5.41, 5.74) is 3.78. The lowest BCUT2D eigenvalue weighted by Gasteiger charge is -2.08. The zero-order valence-electron chi connectivity index (χ0n) is 9.35. The second-order valence-electron chi connectivity index (χ2n) is 3.66. The summed E-state index contributed by atoms with van der Waals surface area (Å²) in [6.07, 6.45) is 0. The summed E-state index contributed by atoms with van der Waals surface area (Å²) in [6.45, 7) is 9.38. The molecule has 2 N–H and O–H groups in total. The molecule has 0 heterocycles. The van der Waals surface area contributed by atoms with Gasteiger partial charge in [-0.1, -0.05) is 12.6 Å². The molecule has 0 atom stereocenters. The highest BCUT2D eigenvalue weighted by Crippen LogP contribution is 2.13. The lowest BCUT2D eigenvalue weighted by Crippen LogP contribution is -2.26. The average Bonchev–Trinajstić information content (AvgIpc) is 2.10. The molecule has 3 nitrogen and oxygen atoms in total. The molecule has 80 valence electrons. The Morgan fingerprint density at radius 2 is 1.93 bits per heavy atom. The van der Waals surface area contributed by atoms with Crippen molar-refractivity contribution in [1.29, 1.82) is 0 Å². The van der Waals surface area contributed by atoms with E-state index in [1.54, 1.807) is 6.92 Å². The molecular formula is C12H16N2O. The Labute approximate surface area is 90.2 Å². The Kier molecular flexibility index (Phi) is 3.50. The van der Waals surface area contributed by atoms with E-state index in [9.17, 15) is 4.79 Å². The Hall–Kier alpha value is -1.77. The lowest BCUT2D eigenvalue weighted by atomic mass is 10.1. The molecule has 1 aromatic carbocycles. The van der Waals surface area contributed by atoms with E-state index in [-0.39, 0.29) is 6.03 Å². The van der Waals surface area contributed by atoms with E-state index in [1.165, 1.54) is 5.56 Å². The van der Waals surface area contributed by atoms with Crippen LogP contribution in [0.1, 0.15) is 18.1 Å². The van der Waals surface area contributed by atoms with Crippen molar-refractivity contribution in [2.24, 2.45) is 0 Å². The van der Waals surface area contributed by atoms with Crippen molar-refractivity contribution in [1.82, 2.24) is 5.32 Å². The van der Waals surface area contributed by atoms with Gasteiger partial charge in [0.2, 0.25) is 0 Å². The van der Waals surface area contributed by atoms with Gasteiger partial charge in [0.15, 0.2) is 0 Å². The Bertz CT molecular complexity index is 397. The summed E-state index contributed by atoms with van der Waals surface area (Å²) < 4.78 is 0. The third-order valence-corrected chi connectivity index (χ3v) is 2.09. The number of rotatable bonds is 2. The predicted molar refractivity (Wildman–Crippen MR) is 62.9 cm³/mol. The van der Waals surface area contributed by atoms with Crippen LogP contribution in [0.4, 0.5) is 10.5 Å². The highest BCUT2D eigenvalue weighted by atomic mass is 16.2. The Morgan fingerprint density at radius 3 is 2.47 bits per heavy atom. The molecule has 15 heavy (non-hydrogen) atoms. The van der Waals surface area contributed by atoms with Crippen LogP contribution in [0.25, 0.3) is 0 Å². The van der Waals surface area contributed by atoms with Gasteiger partial charge in [0.25, 0.3) is 0 Å². The van der Waals surface area contributed by atoms with Gasteiger partial charge in [0.05, 0.1) is 0 Å². The predicted octanol–water partition coefficient (Wildman–Crippen LogP) is 2.96. The van der Waals surface area contributed by atoms with Gasteiger partial charge in [-0.05, 0) is 44.0 Å². The quantitative estimate of drug-likeness (QED) is 0.764. The molecular weight excluding hydrogens is 188 g/mol. The first kappa shape index (κ1) is 11.3. The van der Waals surface area contributed by atoms with Crippen LogP contribution < -0.4 is 10.6 Å². The minimum absolute atomic E-state index is 0.259. The minimum atomic E-state index is -0.259. The van der Waals surface area contributed by atoms with Crippen LogP contribution in [0, 0.1) is 13.8 Å². The number of carbonyl (C=O) groups excluding carboxylic acids is 1. The molecule has 0 fully saturated rings. The van der Waals surface area contributed by atoms with Crippen LogP contribution in [0.5, 0.6) is 0 Å². The number of carbonyl (C=O) groups is 1. The number of amides is 2. The fourth-order valence-electron chi connectivity index (χ4n) is 1.18. The highest BCUT2D eigenvalue weighted by molar-refractivity contribution is 5.90. The largest absolute Gasteiger partial charge is 0.323 e. The van der Waals surface area contributed by atoms with E-state index in [4.69, 9.17) is 0 Å². The molecule has 0 aliphatic heterocycles. The summed E-state index contributed by atoms with van der Waals surface area (Å²) >= 11 is 0. The van der Waals surface area contributed by atoms with Gasteiger partial charge in [-0.3, -0.25) is 0 Å². The van der Waals surface area contributed by atoms with Crippen molar-refractivity contribution in [3.8, 4) is 0 Å². The van der Waals surface area contributed by atoms with Crippen molar-refractivity contribution in [2.45, 2.75) is 20.8 Å². The summed E-state index contributed by atoms with van der Waals surface area (Å²) in [6, 6.07) is 5.53. The monoisotopic (exact) mass is 204 g/mol. The van der Waals surface area contributed by atoms with Crippen LogP contribution in [-0.4, -0.2) is 6.03 Å². The van der Waals surface area contributed by atoms with Crippen LogP contribution in [0.2, 0.25) is 0 Å². The summed E-state index contributed by atoms with van der Waals surface area (Å²) in [5.74, 6) is 0. The first-order valence-electron chi connectivity index (χ1n) is 4.80. The van der Waals surface area contributed by atoms with Crippen molar-refractivity contribution in [3.05, 3.63) is 41.6 Å². The zero-order chi connectivity index (χ0) is 11.4. The van der Waals surface area contributed by atoms with Gasteiger partial charge in [0, 0.05) is 11.4 Å². The molecule has 0 aliphatic rings. The van der Waals surface area contributed by atoms with Crippen molar-refractivity contribution >= 4 is 11.7 Å². The smallest absolute Gasteiger partial charge is 0.312 e. The van der Waals surface area contributed by atoms with Crippen molar-refractivity contribution in [2.75, 3.05) is 5.32 Å². The lowest BCUT2D eigenvalue weighted by molar-refractivity contribution is 0.254. The van der Waals surface area contributed by atoms with E-state index >= 15 is 0 Å². The van der Waals surface area contributed by atoms with E-state index in [0.29, 0.717) is 5.70 Å². The number of hydrogen-bond acceptors (Lipinski definition) is 1. The maximum atomic E-state index is 11.3. The average molecular weight is 204 g/mol. The summed E-state index contributed by atoms with van der Waals surface area (Å²) in [4.78, 5) is 11.3. The number of hydrogen-bond donors (Lipinski definition) is 2. The number of nitrogens with one attached hydrogen (secondary N) is 2. The normalized spacial score (nSPS) is 9.53. The maximum Gasteiger partial charge on any atom is 0.323 e. The number of benzene rings is 1. The van der Waals surface area contributed by atoms with E-state index < -0.39 is 0 Å². The van der Waals surface area contributed by atoms with E-state index in [0.717, 1.165) is 11.3 Å². The first-order chi connectivity index (χ1) is 6.99. The standard InChI is InChI=1S/C12H16N2O/c1-8(2)13-12(15)14-11-6-5-9(3)10(4)7-11/h5-7H,1H2,2-4H3,(H2,13,14,15). The number of anilines is 1. The topological polar surface area (TPSA) is 41.1 Å².